The van der Waals surface area contributed by atoms with Gasteiger partial charge in [0.15, 0.2) is 0 Å². The van der Waals surface area contributed by atoms with Crippen LogP contribution >= 0.6 is 0 Å². The van der Waals surface area contributed by atoms with Gasteiger partial charge in [-0.1, -0.05) is 0 Å². The number of rotatable bonds is 3. The van der Waals surface area contributed by atoms with Crippen LogP contribution in [0.15, 0.2) is 0 Å². The molecule has 0 aromatic rings. The second-order valence-corrected chi connectivity index (χ2v) is 5.80. The van der Waals surface area contributed by atoms with Crippen molar-refractivity contribution in [2.75, 3.05) is 13.1 Å². The molecule has 2 fully saturated rings. The van der Waals surface area contributed by atoms with Crippen molar-refractivity contribution in [2.24, 2.45) is 0 Å². The Morgan fingerprint density at radius 2 is 1.93 bits per heavy atom. The summed E-state index contributed by atoms with van der Waals surface area (Å²) in [6, 6.07) is -0.925. The molecule has 0 radical (unpaired) electrons. The van der Waals surface area contributed by atoms with Gasteiger partial charge in [0.25, 0.3) is 0 Å². The van der Waals surface area contributed by atoms with E-state index in [1.807, 2.05) is 0 Å². The molecule has 7 heteroatoms. The smallest absolute Gasteiger partial charge is 0.214 e. The largest absolute Gasteiger partial charge is 0.244 e. The van der Waals surface area contributed by atoms with Crippen LogP contribution in [0.4, 0.5) is 8.87 Å². The lowest BCUT2D eigenvalue weighted by Gasteiger charge is -2.13. The molecular weight excluding hydrogens is 214 g/mol. The minimum atomic E-state index is -3.41. The third-order valence-electron chi connectivity index (χ3n) is 2.48. The van der Waals surface area contributed by atoms with Gasteiger partial charge in [0.05, 0.1) is 17.8 Å². The quantitative estimate of drug-likeness (QED) is 0.688. The summed E-state index contributed by atoms with van der Waals surface area (Å²) < 4.78 is 50.6. The SMILES string of the molecule is O=S(=O)(N[C@@H]1CN(F)C[C@@H]1F)C1CC1. The van der Waals surface area contributed by atoms with Crippen LogP contribution in [-0.4, -0.2) is 44.1 Å². The third kappa shape index (κ3) is 2.04. The number of sulfonamides is 1. The Bertz CT molecular complexity index is 318. The van der Waals surface area contributed by atoms with Crippen molar-refractivity contribution in [1.82, 2.24) is 9.84 Å². The summed E-state index contributed by atoms with van der Waals surface area (Å²) in [5.41, 5.74) is 0. The van der Waals surface area contributed by atoms with Crippen LogP contribution < -0.4 is 4.72 Å². The van der Waals surface area contributed by atoms with Crippen molar-refractivity contribution in [2.45, 2.75) is 30.3 Å². The van der Waals surface area contributed by atoms with Crippen LogP contribution in [0, 0.1) is 0 Å². The summed E-state index contributed by atoms with van der Waals surface area (Å²) in [7, 11) is -3.41. The van der Waals surface area contributed by atoms with Crippen LogP contribution in [0.3, 0.4) is 0 Å². The number of alkyl halides is 1. The Hall–Kier alpha value is -0.270. The van der Waals surface area contributed by atoms with Gasteiger partial charge in [-0.15, -0.1) is 9.60 Å². The Balaban J connectivity index is 1.97. The van der Waals surface area contributed by atoms with Gasteiger partial charge in [0, 0.05) is 6.54 Å². The Kier molecular flexibility index (Phi) is 2.48. The van der Waals surface area contributed by atoms with E-state index in [2.05, 4.69) is 4.72 Å². The fourth-order valence-corrected chi connectivity index (χ4v) is 3.11. The maximum Gasteiger partial charge on any atom is 0.214 e. The van der Waals surface area contributed by atoms with Crippen molar-refractivity contribution < 1.29 is 17.3 Å². The van der Waals surface area contributed by atoms with Crippen LogP contribution in [0.2, 0.25) is 0 Å². The first-order valence-corrected chi connectivity index (χ1v) is 6.09. The second-order valence-electron chi connectivity index (χ2n) is 3.81. The zero-order valence-electron chi connectivity index (χ0n) is 7.49. The van der Waals surface area contributed by atoms with Crippen molar-refractivity contribution in [3.05, 3.63) is 0 Å². The zero-order valence-corrected chi connectivity index (χ0v) is 8.30. The predicted molar refractivity (Wildman–Crippen MR) is 46.4 cm³/mol. The summed E-state index contributed by atoms with van der Waals surface area (Å²) in [4.78, 5) is 0. The molecule has 1 saturated heterocycles. The van der Waals surface area contributed by atoms with Gasteiger partial charge < -0.3 is 0 Å². The number of hydrogen-bond donors (Lipinski definition) is 1. The molecule has 0 amide bonds. The molecule has 4 nitrogen and oxygen atoms in total. The summed E-state index contributed by atoms with van der Waals surface area (Å²) in [6.45, 7) is -0.551. The molecule has 82 valence electrons. The molecule has 14 heavy (non-hydrogen) atoms. The molecular formula is C7H12F2N2O2S. The van der Waals surface area contributed by atoms with E-state index in [0.717, 1.165) is 0 Å². The normalized spacial score (nSPS) is 35.0. The Labute approximate surface area is 81.3 Å². The molecule has 1 aliphatic carbocycles. The Morgan fingerprint density at radius 3 is 2.36 bits per heavy atom. The molecule has 2 aliphatic rings. The van der Waals surface area contributed by atoms with E-state index in [-0.39, 0.29) is 18.3 Å². The van der Waals surface area contributed by atoms with Gasteiger partial charge in [-0.05, 0) is 12.8 Å². The highest BCUT2D eigenvalue weighted by Gasteiger charge is 2.41. The summed E-state index contributed by atoms with van der Waals surface area (Å²) in [6.07, 6.45) is -0.204. The van der Waals surface area contributed by atoms with E-state index in [1.165, 1.54) is 0 Å². The molecule has 0 bridgehead atoms. The number of halogens is 2. The monoisotopic (exact) mass is 226 g/mol. The predicted octanol–water partition coefficient (Wildman–Crippen LogP) is -0.0250. The first-order chi connectivity index (χ1) is 6.49. The van der Waals surface area contributed by atoms with Gasteiger partial charge in [0.1, 0.15) is 6.17 Å². The van der Waals surface area contributed by atoms with Gasteiger partial charge in [0.2, 0.25) is 10.0 Å². The number of hydrogen-bond acceptors (Lipinski definition) is 3. The van der Waals surface area contributed by atoms with Crippen molar-refractivity contribution >= 4 is 10.0 Å². The minimum absolute atomic E-state index is 0.201. The highest BCUT2D eigenvalue weighted by Crippen LogP contribution is 2.28. The van der Waals surface area contributed by atoms with Crippen LogP contribution in [0.25, 0.3) is 0 Å². The minimum Gasteiger partial charge on any atom is -0.244 e. The van der Waals surface area contributed by atoms with Gasteiger partial charge in [-0.25, -0.2) is 17.5 Å². The van der Waals surface area contributed by atoms with E-state index >= 15 is 0 Å². The average Bonchev–Trinajstić information content (AvgIpc) is 2.80. The van der Waals surface area contributed by atoms with Gasteiger partial charge in [-0.3, -0.25) is 0 Å². The molecule has 1 heterocycles. The summed E-state index contributed by atoms with van der Waals surface area (Å²) in [5, 5.41) is -0.0894. The van der Waals surface area contributed by atoms with Gasteiger partial charge in [-0.2, -0.15) is 0 Å². The standard InChI is InChI=1S/C7H12F2N2O2S/c8-6-3-11(9)4-7(6)10-14(12,13)5-1-2-5/h5-7,10H,1-4H2/t6-,7+/m0/s1. The molecule has 1 saturated carbocycles. The van der Waals surface area contributed by atoms with E-state index in [1.54, 1.807) is 0 Å². The fraction of sp³-hybridized carbons (Fsp3) is 1.00. The molecule has 1 aliphatic heterocycles. The first kappa shape index (κ1) is 10.3. The van der Waals surface area contributed by atoms with E-state index in [9.17, 15) is 17.3 Å². The van der Waals surface area contributed by atoms with Crippen LogP contribution in [0.1, 0.15) is 12.8 Å². The lowest BCUT2D eigenvalue weighted by atomic mass is 10.2. The van der Waals surface area contributed by atoms with Crippen LogP contribution in [0.5, 0.6) is 0 Å². The zero-order chi connectivity index (χ0) is 10.3. The number of nitrogens with one attached hydrogen (secondary N) is 1. The highest BCUT2D eigenvalue weighted by atomic mass is 32.2. The van der Waals surface area contributed by atoms with E-state index < -0.39 is 22.2 Å². The lowest BCUT2D eigenvalue weighted by molar-refractivity contribution is 0.0485. The summed E-state index contributed by atoms with van der Waals surface area (Å²) >= 11 is 0. The van der Waals surface area contributed by atoms with E-state index in [0.29, 0.717) is 18.0 Å². The lowest BCUT2D eigenvalue weighted by Crippen LogP contribution is -2.42. The Morgan fingerprint density at radius 1 is 1.29 bits per heavy atom. The van der Waals surface area contributed by atoms with Crippen LogP contribution in [-0.2, 0) is 10.0 Å². The molecule has 1 N–H and O–H groups in total. The first-order valence-electron chi connectivity index (χ1n) is 4.55. The van der Waals surface area contributed by atoms with Gasteiger partial charge >= 0.3 is 0 Å². The maximum atomic E-state index is 13.0. The fourth-order valence-electron chi connectivity index (χ4n) is 1.52. The third-order valence-corrected chi connectivity index (χ3v) is 4.46. The molecule has 0 spiro atoms. The van der Waals surface area contributed by atoms with Crippen molar-refractivity contribution in [3.63, 3.8) is 0 Å². The average molecular weight is 226 g/mol. The van der Waals surface area contributed by atoms with Crippen molar-refractivity contribution in [3.8, 4) is 0 Å². The topological polar surface area (TPSA) is 49.4 Å². The summed E-state index contributed by atoms with van der Waals surface area (Å²) in [5.74, 6) is 0. The molecule has 0 aromatic heterocycles. The van der Waals surface area contributed by atoms with Crippen molar-refractivity contribution in [1.29, 1.82) is 0 Å². The maximum absolute atomic E-state index is 13.0. The molecule has 2 atom stereocenters. The number of nitrogens with zero attached hydrogens (tertiary/aromatic N) is 1. The highest BCUT2D eigenvalue weighted by molar-refractivity contribution is 7.90. The molecule has 0 unspecified atom stereocenters. The van der Waals surface area contributed by atoms with E-state index in [4.69, 9.17) is 0 Å². The molecule has 2 rings (SSSR count). The molecule has 0 aromatic carbocycles. The second kappa shape index (κ2) is 3.39.